The van der Waals surface area contributed by atoms with Crippen LogP contribution in [-0.2, 0) is 4.79 Å². The minimum absolute atomic E-state index is 0.0587. The maximum absolute atomic E-state index is 11.5. The van der Waals surface area contributed by atoms with E-state index in [0.29, 0.717) is 12.3 Å². The highest BCUT2D eigenvalue weighted by atomic mass is 35.5. The van der Waals surface area contributed by atoms with Crippen molar-refractivity contribution < 1.29 is 4.79 Å². The van der Waals surface area contributed by atoms with Crippen molar-refractivity contribution in [2.24, 2.45) is 0 Å². The average Bonchev–Trinajstić information content (AvgIpc) is 2.30. The third kappa shape index (κ3) is 1.92. The molecule has 1 amide bonds. The van der Waals surface area contributed by atoms with Crippen LogP contribution in [0.2, 0.25) is 0 Å². The van der Waals surface area contributed by atoms with Gasteiger partial charge in [0.2, 0.25) is 5.91 Å². The monoisotopic (exact) mass is 189 g/mol. The molecule has 0 radical (unpaired) electrons. The molecule has 1 heterocycles. The maximum atomic E-state index is 11.5. The van der Waals surface area contributed by atoms with Crippen LogP contribution < -0.4 is 0 Å². The fourth-order valence-electron chi connectivity index (χ4n) is 1.79. The van der Waals surface area contributed by atoms with E-state index >= 15 is 0 Å². The van der Waals surface area contributed by atoms with E-state index in [1.807, 2.05) is 4.90 Å². The Morgan fingerprint density at radius 1 is 1.58 bits per heavy atom. The lowest BCUT2D eigenvalue weighted by atomic mass is 10.0. The highest BCUT2D eigenvalue weighted by Crippen LogP contribution is 2.28. The quantitative estimate of drug-likeness (QED) is 0.609. The molecule has 0 atom stereocenters. The number of carbonyl (C=O) groups excluding carboxylic acids is 1. The van der Waals surface area contributed by atoms with E-state index in [-0.39, 0.29) is 11.4 Å². The molecule has 12 heavy (non-hydrogen) atoms. The van der Waals surface area contributed by atoms with Crippen molar-refractivity contribution >= 4 is 17.5 Å². The summed E-state index contributed by atoms with van der Waals surface area (Å²) >= 11 is 5.52. The van der Waals surface area contributed by atoms with Gasteiger partial charge in [-0.05, 0) is 26.7 Å². The molecule has 0 N–H and O–H groups in total. The Labute approximate surface area is 78.9 Å². The average molecular weight is 190 g/mol. The summed E-state index contributed by atoms with van der Waals surface area (Å²) in [5.41, 5.74) is 0.0587. The van der Waals surface area contributed by atoms with Crippen molar-refractivity contribution in [3.63, 3.8) is 0 Å². The largest absolute Gasteiger partial charge is 0.338 e. The lowest BCUT2D eigenvalue weighted by molar-refractivity contribution is -0.133. The normalized spacial score (nSPS) is 21.4. The fraction of sp³-hybridized carbons (Fsp3) is 0.889. The van der Waals surface area contributed by atoms with Crippen molar-refractivity contribution in [2.75, 3.05) is 12.4 Å². The molecule has 0 aliphatic carbocycles. The summed E-state index contributed by atoms with van der Waals surface area (Å²) in [5, 5.41) is 0. The Kier molecular flexibility index (Phi) is 2.99. The number of amides is 1. The van der Waals surface area contributed by atoms with E-state index in [9.17, 15) is 4.79 Å². The summed E-state index contributed by atoms with van der Waals surface area (Å²) in [6, 6.07) is 0. The molecule has 0 unspecified atom stereocenters. The molecular formula is C9H16ClNO. The van der Waals surface area contributed by atoms with Crippen molar-refractivity contribution in [3.8, 4) is 0 Å². The molecule has 1 rings (SSSR count). The molecule has 1 aliphatic rings. The smallest absolute Gasteiger partial charge is 0.224 e. The van der Waals surface area contributed by atoms with Gasteiger partial charge in [-0.2, -0.15) is 0 Å². The summed E-state index contributed by atoms with van der Waals surface area (Å²) in [6.07, 6.45) is 2.72. The maximum Gasteiger partial charge on any atom is 0.224 e. The van der Waals surface area contributed by atoms with E-state index in [2.05, 4.69) is 13.8 Å². The Hall–Kier alpha value is -0.240. The Morgan fingerprint density at radius 3 is 2.67 bits per heavy atom. The highest BCUT2D eigenvalue weighted by Gasteiger charge is 2.34. The second-order valence-electron chi connectivity index (χ2n) is 3.90. The van der Waals surface area contributed by atoms with E-state index in [4.69, 9.17) is 11.6 Å². The molecule has 0 bridgehead atoms. The SMILES string of the molecule is CC1(C)CCCN1C(=O)CCCl. The van der Waals surface area contributed by atoms with Gasteiger partial charge in [0.1, 0.15) is 0 Å². The molecule has 70 valence electrons. The molecule has 0 aromatic heterocycles. The topological polar surface area (TPSA) is 20.3 Å². The van der Waals surface area contributed by atoms with E-state index in [0.717, 1.165) is 19.4 Å². The molecule has 1 saturated heterocycles. The van der Waals surface area contributed by atoms with Gasteiger partial charge in [0.15, 0.2) is 0 Å². The molecule has 2 nitrogen and oxygen atoms in total. The molecule has 1 aliphatic heterocycles. The number of carbonyl (C=O) groups is 1. The molecule has 0 saturated carbocycles. The van der Waals surface area contributed by atoms with Gasteiger partial charge in [0.25, 0.3) is 0 Å². The molecule has 3 heteroatoms. The first-order chi connectivity index (χ1) is 5.58. The number of hydrogen-bond donors (Lipinski definition) is 0. The van der Waals surface area contributed by atoms with Crippen LogP contribution in [0.25, 0.3) is 0 Å². The van der Waals surface area contributed by atoms with Gasteiger partial charge in [-0.1, -0.05) is 0 Å². The van der Waals surface area contributed by atoms with Crippen LogP contribution in [0.1, 0.15) is 33.1 Å². The first-order valence-electron chi connectivity index (χ1n) is 4.44. The van der Waals surface area contributed by atoms with Crippen LogP contribution >= 0.6 is 11.6 Å². The van der Waals surface area contributed by atoms with Gasteiger partial charge in [-0.3, -0.25) is 4.79 Å². The zero-order valence-corrected chi connectivity index (χ0v) is 8.52. The fourth-order valence-corrected chi connectivity index (χ4v) is 1.95. The minimum Gasteiger partial charge on any atom is -0.338 e. The molecule has 0 aromatic rings. The van der Waals surface area contributed by atoms with Crippen molar-refractivity contribution in [2.45, 2.75) is 38.6 Å². The van der Waals surface area contributed by atoms with Crippen LogP contribution in [-0.4, -0.2) is 28.8 Å². The predicted octanol–water partition coefficient (Wildman–Crippen LogP) is 2.02. The highest BCUT2D eigenvalue weighted by molar-refractivity contribution is 6.18. The van der Waals surface area contributed by atoms with Crippen molar-refractivity contribution in [1.29, 1.82) is 0 Å². The number of rotatable bonds is 2. The third-order valence-corrected chi connectivity index (χ3v) is 2.70. The van der Waals surface area contributed by atoms with Gasteiger partial charge >= 0.3 is 0 Å². The summed E-state index contributed by atoms with van der Waals surface area (Å²) < 4.78 is 0. The van der Waals surface area contributed by atoms with E-state index < -0.39 is 0 Å². The molecular weight excluding hydrogens is 174 g/mol. The Balaban J connectivity index is 2.56. The Morgan fingerprint density at radius 2 is 2.25 bits per heavy atom. The lowest BCUT2D eigenvalue weighted by Crippen LogP contribution is -2.42. The van der Waals surface area contributed by atoms with Crippen LogP contribution in [0.5, 0.6) is 0 Å². The zero-order valence-electron chi connectivity index (χ0n) is 7.77. The number of halogens is 1. The predicted molar refractivity (Wildman–Crippen MR) is 50.4 cm³/mol. The summed E-state index contributed by atoms with van der Waals surface area (Å²) in [7, 11) is 0. The van der Waals surface area contributed by atoms with Gasteiger partial charge in [-0.15, -0.1) is 11.6 Å². The van der Waals surface area contributed by atoms with Crippen molar-refractivity contribution in [1.82, 2.24) is 4.90 Å². The van der Waals surface area contributed by atoms with E-state index in [1.165, 1.54) is 0 Å². The van der Waals surface area contributed by atoms with Gasteiger partial charge in [0.05, 0.1) is 0 Å². The zero-order chi connectivity index (χ0) is 9.19. The number of alkyl halides is 1. The summed E-state index contributed by atoms with van der Waals surface area (Å²) in [6.45, 7) is 5.14. The second kappa shape index (κ2) is 3.65. The molecule has 0 spiro atoms. The standard InChI is InChI=1S/C9H16ClNO/c1-9(2)5-3-7-11(9)8(12)4-6-10/h3-7H2,1-2H3. The van der Waals surface area contributed by atoms with Gasteiger partial charge in [0, 0.05) is 24.4 Å². The lowest BCUT2D eigenvalue weighted by Gasteiger charge is -2.31. The third-order valence-electron chi connectivity index (χ3n) is 2.51. The van der Waals surface area contributed by atoms with Crippen LogP contribution in [0.15, 0.2) is 0 Å². The Bertz CT molecular complexity index is 179. The van der Waals surface area contributed by atoms with Gasteiger partial charge < -0.3 is 4.90 Å². The van der Waals surface area contributed by atoms with E-state index in [1.54, 1.807) is 0 Å². The molecule has 1 fully saturated rings. The first kappa shape index (κ1) is 9.85. The summed E-state index contributed by atoms with van der Waals surface area (Å²) in [5.74, 6) is 0.637. The van der Waals surface area contributed by atoms with Crippen LogP contribution in [0, 0.1) is 0 Å². The number of likely N-dealkylation sites (tertiary alicyclic amines) is 1. The summed E-state index contributed by atoms with van der Waals surface area (Å²) in [4.78, 5) is 13.5. The van der Waals surface area contributed by atoms with Crippen molar-refractivity contribution in [3.05, 3.63) is 0 Å². The van der Waals surface area contributed by atoms with Gasteiger partial charge in [-0.25, -0.2) is 0 Å². The number of nitrogens with zero attached hydrogens (tertiary/aromatic N) is 1. The number of hydrogen-bond acceptors (Lipinski definition) is 1. The van der Waals surface area contributed by atoms with Crippen LogP contribution in [0.4, 0.5) is 0 Å². The van der Waals surface area contributed by atoms with Crippen LogP contribution in [0.3, 0.4) is 0 Å². The second-order valence-corrected chi connectivity index (χ2v) is 4.28. The first-order valence-corrected chi connectivity index (χ1v) is 4.98. The minimum atomic E-state index is 0.0587. The molecule has 0 aromatic carbocycles.